The number of aryl methyl sites for hydroxylation is 1. The molecule has 19 heavy (non-hydrogen) atoms. The van der Waals surface area contributed by atoms with Crippen LogP contribution < -0.4 is 10.6 Å². The number of hydrogen-bond donors (Lipinski definition) is 2. The Bertz CT molecular complexity index is 464. The Morgan fingerprint density at radius 2 is 2.26 bits per heavy atom. The number of nitrogens with zero attached hydrogens (tertiary/aromatic N) is 2. The number of nitrogens with one attached hydrogen (secondary N) is 2. The lowest BCUT2D eigenvalue weighted by molar-refractivity contribution is 0.0956. The first kappa shape index (κ1) is 14.1. The van der Waals surface area contributed by atoms with Crippen LogP contribution in [0.3, 0.4) is 0 Å². The largest absolute Gasteiger partial charge is 0.354 e. The summed E-state index contributed by atoms with van der Waals surface area (Å²) in [4.78, 5) is 11.9. The van der Waals surface area contributed by atoms with E-state index in [9.17, 15) is 4.79 Å². The first-order chi connectivity index (χ1) is 9.02. The topological polar surface area (TPSA) is 59.0 Å². The average Bonchev–Trinajstić information content (AvgIpc) is 2.72. The van der Waals surface area contributed by atoms with E-state index >= 15 is 0 Å². The summed E-state index contributed by atoms with van der Waals surface area (Å²) < 4.78 is 1.86. The van der Waals surface area contributed by atoms with Crippen molar-refractivity contribution in [1.29, 1.82) is 0 Å². The van der Waals surface area contributed by atoms with Gasteiger partial charge in [0.15, 0.2) is 5.69 Å². The van der Waals surface area contributed by atoms with Gasteiger partial charge in [-0.1, -0.05) is 13.8 Å². The molecule has 1 aliphatic rings. The number of carbonyl (C=O) groups excluding carboxylic acids is 1. The minimum Gasteiger partial charge on any atom is -0.354 e. The van der Waals surface area contributed by atoms with E-state index in [4.69, 9.17) is 0 Å². The van der Waals surface area contributed by atoms with Gasteiger partial charge < -0.3 is 10.6 Å². The smallest absolute Gasteiger partial charge is 0.271 e. The lowest BCUT2D eigenvalue weighted by Gasteiger charge is -2.25. The van der Waals surface area contributed by atoms with Gasteiger partial charge in [0.05, 0.1) is 0 Å². The number of amides is 1. The Balaban J connectivity index is 2.16. The predicted molar refractivity (Wildman–Crippen MR) is 75.3 cm³/mol. The molecule has 0 saturated heterocycles. The van der Waals surface area contributed by atoms with Crippen LogP contribution in [0.1, 0.15) is 42.0 Å². The van der Waals surface area contributed by atoms with E-state index < -0.39 is 0 Å². The van der Waals surface area contributed by atoms with E-state index in [1.54, 1.807) is 7.05 Å². The minimum absolute atomic E-state index is 0.0821. The van der Waals surface area contributed by atoms with Gasteiger partial charge in [-0.2, -0.15) is 5.10 Å². The van der Waals surface area contributed by atoms with Crippen molar-refractivity contribution >= 4 is 5.91 Å². The molecule has 1 aromatic heterocycles. The van der Waals surface area contributed by atoms with Gasteiger partial charge in [-0.25, -0.2) is 0 Å². The van der Waals surface area contributed by atoms with Crippen molar-refractivity contribution in [2.45, 2.75) is 39.2 Å². The van der Waals surface area contributed by atoms with Gasteiger partial charge in [0.1, 0.15) is 0 Å². The van der Waals surface area contributed by atoms with Gasteiger partial charge >= 0.3 is 0 Å². The molecule has 0 fully saturated rings. The molecule has 0 bridgehead atoms. The summed E-state index contributed by atoms with van der Waals surface area (Å²) in [6, 6.07) is 0.461. The number of aromatic nitrogens is 2. The third-order valence-electron chi connectivity index (χ3n) is 3.71. The highest BCUT2D eigenvalue weighted by atomic mass is 16.1. The van der Waals surface area contributed by atoms with Crippen LogP contribution >= 0.6 is 0 Å². The Kier molecular flexibility index (Phi) is 4.24. The van der Waals surface area contributed by atoms with Crippen molar-refractivity contribution in [1.82, 2.24) is 20.4 Å². The summed E-state index contributed by atoms with van der Waals surface area (Å²) in [6.07, 6.45) is 3.01. The molecule has 0 saturated carbocycles. The molecule has 1 heterocycles. The van der Waals surface area contributed by atoms with Crippen molar-refractivity contribution < 1.29 is 4.79 Å². The molecular formula is C14H24N4O. The molecule has 1 amide bonds. The fourth-order valence-corrected chi connectivity index (χ4v) is 2.67. The molecule has 5 nitrogen and oxygen atoms in total. The van der Waals surface area contributed by atoms with Crippen LogP contribution in [0.5, 0.6) is 0 Å². The Hall–Kier alpha value is -1.36. The van der Waals surface area contributed by atoms with E-state index in [0.717, 1.165) is 31.4 Å². The maximum atomic E-state index is 11.9. The van der Waals surface area contributed by atoms with Crippen molar-refractivity contribution in [2.24, 2.45) is 13.0 Å². The number of rotatable bonds is 4. The first-order valence-corrected chi connectivity index (χ1v) is 7.03. The zero-order valence-corrected chi connectivity index (χ0v) is 12.3. The monoisotopic (exact) mass is 264 g/mol. The molecule has 0 aliphatic heterocycles. The summed E-state index contributed by atoms with van der Waals surface area (Å²) in [7, 11) is 3.58. The SMILES string of the molecule is CNC(=O)c1nn(C)c2c1CC(NCC(C)C)CC2. The molecular weight excluding hydrogens is 240 g/mol. The van der Waals surface area contributed by atoms with E-state index in [2.05, 4.69) is 29.6 Å². The van der Waals surface area contributed by atoms with Crippen molar-refractivity contribution in [3.63, 3.8) is 0 Å². The molecule has 1 atom stereocenters. The maximum absolute atomic E-state index is 11.9. The van der Waals surface area contributed by atoms with Crippen LogP contribution in [0, 0.1) is 5.92 Å². The maximum Gasteiger partial charge on any atom is 0.271 e. The third kappa shape index (κ3) is 2.97. The summed E-state index contributed by atoms with van der Waals surface area (Å²) in [5.74, 6) is 0.565. The van der Waals surface area contributed by atoms with Crippen molar-refractivity contribution in [3.8, 4) is 0 Å². The molecule has 1 aliphatic carbocycles. The van der Waals surface area contributed by atoms with Gasteiger partial charge in [-0.15, -0.1) is 0 Å². The van der Waals surface area contributed by atoms with Gasteiger partial charge in [0.25, 0.3) is 5.91 Å². The highest BCUT2D eigenvalue weighted by Gasteiger charge is 2.27. The van der Waals surface area contributed by atoms with E-state index in [1.807, 2.05) is 11.7 Å². The zero-order valence-electron chi connectivity index (χ0n) is 12.3. The predicted octanol–water partition coefficient (Wildman–Crippen LogP) is 0.883. The zero-order chi connectivity index (χ0) is 14.0. The van der Waals surface area contributed by atoms with Crippen LogP contribution in [0.25, 0.3) is 0 Å². The van der Waals surface area contributed by atoms with E-state index in [-0.39, 0.29) is 5.91 Å². The molecule has 1 unspecified atom stereocenters. The molecule has 0 spiro atoms. The molecule has 2 N–H and O–H groups in total. The highest BCUT2D eigenvalue weighted by molar-refractivity contribution is 5.93. The molecule has 5 heteroatoms. The van der Waals surface area contributed by atoms with Crippen LogP contribution in [0.2, 0.25) is 0 Å². The molecule has 2 rings (SSSR count). The fourth-order valence-electron chi connectivity index (χ4n) is 2.67. The summed E-state index contributed by atoms with van der Waals surface area (Å²) >= 11 is 0. The van der Waals surface area contributed by atoms with Gasteiger partial charge in [-0.3, -0.25) is 9.48 Å². The average molecular weight is 264 g/mol. The number of fused-ring (bicyclic) bond motifs is 1. The fraction of sp³-hybridized carbons (Fsp3) is 0.714. The second-order valence-electron chi connectivity index (χ2n) is 5.72. The normalized spacial score (nSPS) is 18.5. The number of hydrogen-bond acceptors (Lipinski definition) is 3. The highest BCUT2D eigenvalue weighted by Crippen LogP contribution is 2.24. The summed E-state index contributed by atoms with van der Waals surface area (Å²) in [5.41, 5.74) is 2.92. The first-order valence-electron chi connectivity index (χ1n) is 7.03. The van der Waals surface area contributed by atoms with Crippen LogP contribution in [0.4, 0.5) is 0 Å². The lowest BCUT2D eigenvalue weighted by Crippen LogP contribution is -2.37. The second kappa shape index (κ2) is 5.74. The third-order valence-corrected chi connectivity index (χ3v) is 3.71. The van der Waals surface area contributed by atoms with Crippen LogP contribution in [-0.4, -0.2) is 35.3 Å². The van der Waals surface area contributed by atoms with Crippen LogP contribution in [0.15, 0.2) is 0 Å². The lowest BCUT2D eigenvalue weighted by atomic mass is 9.91. The van der Waals surface area contributed by atoms with E-state index in [1.165, 1.54) is 5.69 Å². The van der Waals surface area contributed by atoms with Crippen LogP contribution in [-0.2, 0) is 19.9 Å². The van der Waals surface area contributed by atoms with Crippen molar-refractivity contribution in [3.05, 3.63) is 17.0 Å². The molecule has 0 radical (unpaired) electrons. The molecule has 106 valence electrons. The Morgan fingerprint density at radius 3 is 2.89 bits per heavy atom. The minimum atomic E-state index is -0.0821. The Morgan fingerprint density at radius 1 is 1.53 bits per heavy atom. The van der Waals surface area contributed by atoms with E-state index in [0.29, 0.717) is 17.7 Å². The van der Waals surface area contributed by atoms with Gasteiger partial charge in [-0.05, 0) is 31.7 Å². The quantitative estimate of drug-likeness (QED) is 0.849. The van der Waals surface area contributed by atoms with Gasteiger partial charge in [0.2, 0.25) is 0 Å². The van der Waals surface area contributed by atoms with Gasteiger partial charge in [0, 0.05) is 31.4 Å². The van der Waals surface area contributed by atoms with Crippen molar-refractivity contribution in [2.75, 3.05) is 13.6 Å². The second-order valence-corrected chi connectivity index (χ2v) is 5.72. The number of carbonyl (C=O) groups is 1. The summed E-state index contributed by atoms with van der Waals surface area (Å²) in [5, 5.41) is 10.6. The Labute approximate surface area is 114 Å². The summed E-state index contributed by atoms with van der Waals surface area (Å²) in [6.45, 7) is 5.44. The molecule has 0 aromatic carbocycles. The standard InChI is InChI=1S/C14H24N4O/c1-9(2)8-16-10-5-6-12-11(7-10)13(14(19)15-3)17-18(12)4/h9-10,16H,5-8H2,1-4H3,(H,15,19). The molecule has 1 aromatic rings.